The third-order valence-electron chi connectivity index (χ3n) is 14.5. The summed E-state index contributed by atoms with van der Waals surface area (Å²) in [6.07, 6.45) is 3.29. The fourth-order valence-electron chi connectivity index (χ4n) is 10.1. The molecule has 0 radical (unpaired) electrons. The van der Waals surface area contributed by atoms with Gasteiger partial charge in [-0.3, -0.25) is 38.5 Å². The second-order valence-corrected chi connectivity index (χ2v) is 20.2. The second-order valence-electron chi connectivity index (χ2n) is 20.2. The first-order valence-electron chi connectivity index (χ1n) is 26.2. The first-order valence-corrected chi connectivity index (χ1v) is 26.2. The summed E-state index contributed by atoms with van der Waals surface area (Å²) in [6, 6.07) is 4.20. The molecule has 0 saturated carbocycles. The number of carbonyl (C=O) groups is 7. The van der Waals surface area contributed by atoms with E-state index in [4.69, 9.17) is 5.73 Å². The number of nitrogens with zero attached hydrogens (tertiary/aromatic N) is 4. The fourth-order valence-corrected chi connectivity index (χ4v) is 10.1. The number of hydrogen-bond acceptors (Lipinski definition) is 14. The molecular weight excluding hydrogens is 941 g/mol. The maximum atomic E-state index is 14.4. The zero-order valence-electron chi connectivity index (χ0n) is 42.5. The Morgan fingerprint density at radius 1 is 0.740 bits per heavy atom. The third kappa shape index (κ3) is 15.6. The van der Waals surface area contributed by atoms with Crippen LogP contribution in [0.5, 0.6) is 5.75 Å². The molecule has 7 unspecified atom stereocenters. The van der Waals surface area contributed by atoms with Crippen molar-refractivity contribution in [2.45, 2.75) is 158 Å². The topological polar surface area (TPSA) is 300 Å². The average molecular weight is 1020 g/mol. The molecule has 10 atom stereocenters. The van der Waals surface area contributed by atoms with Gasteiger partial charge in [0.25, 0.3) is 5.91 Å². The van der Waals surface area contributed by atoms with E-state index in [0.717, 1.165) is 43.3 Å². The number of piperazine rings is 1. The highest BCUT2D eigenvalue weighted by Crippen LogP contribution is 2.24. The normalized spacial score (nSPS) is 27.2. The molecule has 21 heteroatoms. The highest BCUT2D eigenvalue weighted by Gasteiger charge is 2.46. The van der Waals surface area contributed by atoms with Crippen LogP contribution in [-0.4, -0.2) is 189 Å². The lowest BCUT2D eigenvalue weighted by atomic mass is 10.0. The quantitative estimate of drug-likeness (QED) is 0.102. The minimum atomic E-state index is -1.66. The summed E-state index contributed by atoms with van der Waals surface area (Å²) in [5.74, 6) is -5.43. The monoisotopic (exact) mass is 1020 g/mol. The van der Waals surface area contributed by atoms with Gasteiger partial charge in [0.05, 0.1) is 18.3 Å². The number of aliphatic hydroxyl groups is 3. The number of amides is 7. The average Bonchev–Trinajstić information content (AvgIpc) is 3.97. The number of benzene rings is 2. The van der Waals surface area contributed by atoms with E-state index in [1.54, 1.807) is 24.3 Å². The van der Waals surface area contributed by atoms with Crippen LogP contribution in [0.2, 0.25) is 0 Å². The standard InChI is InChI=1S/C52H78N10O11/c1-4-5-6-7-8-9-23-59-24-26-60(27-25-59)37-17-15-35(16-18-37)46(67)55-40-11-10-22-54-49(70)42-28-36(53)30-61(42)51(72)44(32(2)63)58-48(69)41(21-14-34-12-19-38(65)20-13-34)56-50(71)43-29-39(66)31-62(43)52(73)45(33(3)64)57-47(40)68/h12-13,15-20,32-33,36,39-45,63-66H,4-11,14,21-31,53H2,1-3H3,(H,54,70)(H,55,67)(H,56,71)(H,57,68)(H,58,69)/t32?,33?,36-,39+,40-,41?,42?,43?,44?,45?/m0/s1. The van der Waals surface area contributed by atoms with Gasteiger partial charge in [0.1, 0.15) is 42.0 Å². The van der Waals surface area contributed by atoms with Crippen LogP contribution < -0.4 is 37.2 Å². The molecule has 21 nitrogen and oxygen atoms in total. The van der Waals surface area contributed by atoms with Gasteiger partial charge >= 0.3 is 0 Å². The minimum Gasteiger partial charge on any atom is -0.508 e. The maximum absolute atomic E-state index is 14.4. The number of fused-ring (bicyclic) bond motifs is 2. The third-order valence-corrected chi connectivity index (χ3v) is 14.5. The Bertz CT molecular complexity index is 2190. The number of nitrogens with two attached hydrogens (primary N) is 1. The van der Waals surface area contributed by atoms with Crippen LogP contribution in [0.3, 0.4) is 0 Å². The molecule has 6 rings (SSSR count). The van der Waals surface area contributed by atoms with Gasteiger partial charge in [0.2, 0.25) is 35.4 Å². The number of aryl methyl sites for hydroxylation is 1. The summed E-state index contributed by atoms with van der Waals surface area (Å²) < 4.78 is 0. The summed E-state index contributed by atoms with van der Waals surface area (Å²) in [5, 5.41) is 56.0. The van der Waals surface area contributed by atoms with Crippen molar-refractivity contribution in [3.8, 4) is 5.75 Å². The molecule has 0 bridgehead atoms. The molecule has 4 aliphatic rings. The lowest BCUT2D eigenvalue weighted by Crippen LogP contribution is -2.61. The summed E-state index contributed by atoms with van der Waals surface area (Å²) in [4.78, 5) is 106. The van der Waals surface area contributed by atoms with E-state index >= 15 is 0 Å². The van der Waals surface area contributed by atoms with Gasteiger partial charge in [0, 0.05) is 69.5 Å². The van der Waals surface area contributed by atoms with E-state index in [1.807, 2.05) is 12.1 Å². The van der Waals surface area contributed by atoms with Crippen molar-refractivity contribution in [1.82, 2.24) is 41.3 Å². The van der Waals surface area contributed by atoms with Crippen LogP contribution in [-0.2, 0) is 35.2 Å². The molecular formula is C52H78N10O11. The molecule has 402 valence electrons. The van der Waals surface area contributed by atoms with E-state index in [1.165, 1.54) is 69.4 Å². The predicted molar refractivity (Wildman–Crippen MR) is 272 cm³/mol. The second kappa shape index (κ2) is 26.9. The fraction of sp³-hybridized carbons (Fsp3) is 0.635. The Labute approximate surface area is 427 Å². The number of aliphatic hydroxyl groups excluding tert-OH is 3. The van der Waals surface area contributed by atoms with Gasteiger partial charge < -0.3 is 67.4 Å². The lowest BCUT2D eigenvalue weighted by molar-refractivity contribution is -0.145. The molecule has 11 N–H and O–H groups in total. The first kappa shape index (κ1) is 56.4. The van der Waals surface area contributed by atoms with Gasteiger partial charge in [-0.25, -0.2) is 0 Å². The summed E-state index contributed by atoms with van der Waals surface area (Å²) in [5.41, 5.74) is 8.19. The van der Waals surface area contributed by atoms with Crippen molar-refractivity contribution in [3.05, 3.63) is 59.7 Å². The molecule has 0 aliphatic carbocycles. The van der Waals surface area contributed by atoms with Crippen LogP contribution >= 0.6 is 0 Å². The number of hydrogen-bond donors (Lipinski definition) is 10. The van der Waals surface area contributed by atoms with E-state index in [0.29, 0.717) is 5.56 Å². The zero-order chi connectivity index (χ0) is 52.8. The van der Waals surface area contributed by atoms with Gasteiger partial charge in [0.15, 0.2) is 0 Å². The highest BCUT2D eigenvalue weighted by molar-refractivity contribution is 6.00. The van der Waals surface area contributed by atoms with E-state index in [9.17, 15) is 54.0 Å². The lowest BCUT2D eigenvalue weighted by Gasteiger charge is -2.36. The number of nitrogens with one attached hydrogen (secondary N) is 5. The first-order chi connectivity index (χ1) is 34.9. The summed E-state index contributed by atoms with van der Waals surface area (Å²) in [6.45, 7) is 8.97. The molecule has 0 aromatic heterocycles. The van der Waals surface area contributed by atoms with Crippen molar-refractivity contribution in [1.29, 1.82) is 0 Å². The number of anilines is 1. The van der Waals surface area contributed by atoms with E-state index in [2.05, 4.69) is 43.3 Å². The van der Waals surface area contributed by atoms with E-state index < -0.39 is 102 Å². The number of phenolic OH excluding ortho intramolecular Hbond substituents is 1. The summed E-state index contributed by atoms with van der Waals surface area (Å²) >= 11 is 0. The van der Waals surface area contributed by atoms with Crippen molar-refractivity contribution >= 4 is 47.0 Å². The zero-order valence-corrected chi connectivity index (χ0v) is 42.5. The van der Waals surface area contributed by atoms with Gasteiger partial charge in [-0.15, -0.1) is 0 Å². The van der Waals surface area contributed by atoms with Crippen LogP contribution in [0.25, 0.3) is 0 Å². The molecule has 73 heavy (non-hydrogen) atoms. The van der Waals surface area contributed by atoms with E-state index in [-0.39, 0.29) is 69.5 Å². The number of phenols is 1. The van der Waals surface area contributed by atoms with Gasteiger partial charge in [-0.1, -0.05) is 51.2 Å². The number of rotatable bonds is 15. The largest absolute Gasteiger partial charge is 0.508 e. The molecule has 4 aliphatic heterocycles. The van der Waals surface area contributed by atoms with Crippen LogP contribution in [0.1, 0.15) is 107 Å². The molecule has 7 amide bonds. The molecule has 4 heterocycles. The highest BCUT2D eigenvalue weighted by atomic mass is 16.3. The number of unbranched alkanes of at least 4 members (excludes halogenated alkanes) is 5. The van der Waals surface area contributed by atoms with Crippen molar-refractivity contribution in [3.63, 3.8) is 0 Å². The predicted octanol–water partition coefficient (Wildman–Crippen LogP) is -0.378. The Hall–Kier alpha value is -5.87. The maximum Gasteiger partial charge on any atom is 0.251 e. The van der Waals surface area contributed by atoms with Crippen LogP contribution in [0, 0.1) is 0 Å². The SMILES string of the molecule is CCCCCCCCN1CCN(c2ccc(C(=O)N[C@H]3CCCNC(=O)C4C[C@H](N)CN4C(=O)C(C(C)O)NC(=O)C(CCc4ccc(O)cc4)NC(=O)C4C[C@@H](O)CN4C(=O)C(C(C)O)NC3=O)cc2)CC1. The molecule has 4 saturated heterocycles. The molecule has 2 aromatic rings. The number of aromatic hydroxyl groups is 1. The number of carbonyl (C=O) groups excluding carboxylic acids is 7. The molecule has 2 aromatic carbocycles. The van der Waals surface area contributed by atoms with Crippen molar-refractivity contribution in [2.75, 3.05) is 57.3 Å². The van der Waals surface area contributed by atoms with Gasteiger partial charge in [-0.05, 0) is 101 Å². The Kier molecular flexibility index (Phi) is 20.8. The molecule has 0 spiro atoms. The van der Waals surface area contributed by atoms with Crippen LogP contribution in [0.15, 0.2) is 48.5 Å². The van der Waals surface area contributed by atoms with Crippen molar-refractivity contribution in [2.24, 2.45) is 5.73 Å². The molecule has 4 fully saturated rings. The van der Waals surface area contributed by atoms with Crippen LogP contribution in [0.4, 0.5) is 5.69 Å². The van der Waals surface area contributed by atoms with Gasteiger partial charge in [-0.2, -0.15) is 0 Å². The Morgan fingerprint density at radius 3 is 1.99 bits per heavy atom. The Morgan fingerprint density at radius 2 is 1.34 bits per heavy atom. The Balaban J connectivity index is 1.21. The minimum absolute atomic E-state index is 0.00963. The summed E-state index contributed by atoms with van der Waals surface area (Å²) in [7, 11) is 0. The van der Waals surface area contributed by atoms with Crippen molar-refractivity contribution < 1.29 is 54.0 Å². The smallest absolute Gasteiger partial charge is 0.251 e.